The summed E-state index contributed by atoms with van der Waals surface area (Å²) in [5, 5.41) is 13.2. The Morgan fingerprint density at radius 3 is 2.48 bits per heavy atom. The van der Waals surface area contributed by atoms with E-state index in [-0.39, 0.29) is 0 Å². The largest absolute Gasteiger partial charge is 0.496 e. The second-order valence-corrected chi connectivity index (χ2v) is 9.39. The number of carbonyl (C=O) groups is 2. The van der Waals surface area contributed by atoms with Gasteiger partial charge in [0.05, 0.1) is 35.4 Å². The Kier molecular flexibility index (Phi) is 7.81. The lowest BCUT2D eigenvalue weighted by atomic mass is 9.78. The number of allylic oxidation sites excluding steroid dienone is 1. The van der Waals surface area contributed by atoms with E-state index in [1.165, 1.54) is 18.9 Å². The van der Waals surface area contributed by atoms with E-state index in [2.05, 4.69) is 43.2 Å². The number of nitrogens with zero attached hydrogens (tertiary/aromatic N) is 1. The van der Waals surface area contributed by atoms with E-state index >= 15 is 0 Å². The molecule has 2 aromatic carbocycles. The Morgan fingerprint density at radius 1 is 1.19 bits per heavy atom. The number of carbonyl (C=O) groups excluding carboxylic acids is 2. The van der Waals surface area contributed by atoms with Crippen LogP contribution in [0.15, 0.2) is 62.0 Å². The van der Waals surface area contributed by atoms with Gasteiger partial charge in [-0.25, -0.2) is 0 Å². The molecule has 160 valence electrons. The van der Waals surface area contributed by atoms with Gasteiger partial charge >= 0.3 is 5.97 Å². The quantitative estimate of drug-likeness (QED) is 0.396. The summed E-state index contributed by atoms with van der Waals surface area (Å²) in [5.41, 5.74) is 1.98. The highest BCUT2D eigenvalue weighted by molar-refractivity contribution is 9.10. The van der Waals surface area contributed by atoms with Crippen molar-refractivity contribution < 1.29 is 19.1 Å². The van der Waals surface area contributed by atoms with Crippen LogP contribution < -0.4 is 10.1 Å². The van der Waals surface area contributed by atoms with Crippen LogP contribution in [0.2, 0.25) is 0 Å². The van der Waals surface area contributed by atoms with Gasteiger partial charge in [-0.15, -0.1) is 11.8 Å². The first-order valence-corrected chi connectivity index (χ1v) is 11.7. The predicted molar refractivity (Wildman–Crippen MR) is 125 cm³/mol. The van der Waals surface area contributed by atoms with Gasteiger partial charge < -0.3 is 14.8 Å². The molecular weight excluding hydrogens is 548 g/mol. The Morgan fingerprint density at radius 2 is 1.90 bits per heavy atom. The molecule has 0 unspecified atom stereocenters. The van der Waals surface area contributed by atoms with E-state index < -0.39 is 23.7 Å². The average Bonchev–Trinajstić information content (AvgIpc) is 2.77. The summed E-state index contributed by atoms with van der Waals surface area (Å²) in [7, 11) is 2.77. The lowest BCUT2D eigenvalue weighted by molar-refractivity contribution is -0.150. The maximum atomic E-state index is 12.9. The Balaban J connectivity index is 2.04. The molecule has 31 heavy (non-hydrogen) atoms. The van der Waals surface area contributed by atoms with Gasteiger partial charge in [0.15, 0.2) is 0 Å². The molecule has 0 fully saturated rings. The van der Waals surface area contributed by atoms with Crippen molar-refractivity contribution in [2.24, 2.45) is 5.92 Å². The fourth-order valence-corrected chi connectivity index (χ4v) is 5.12. The third-order valence-corrected chi connectivity index (χ3v) is 7.05. The number of thioether (sulfide) groups is 1. The van der Waals surface area contributed by atoms with Crippen molar-refractivity contribution >= 4 is 55.5 Å². The normalized spacial score (nSPS) is 18.2. The number of nitrogens with one attached hydrogen (secondary N) is 1. The number of rotatable bonds is 6. The minimum Gasteiger partial charge on any atom is -0.496 e. The monoisotopic (exact) mass is 564 g/mol. The molecule has 2 atom stereocenters. The molecule has 6 nitrogen and oxygen atoms in total. The van der Waals surface area contributed by atoms with Crippen LogP contribution in [0.25, 0.3) is 0 Å². The summed E-state index contributed by atoms with van der Waals surface area (Å²) in [4.78, 5) is 25.4. The molecule has 0 saturated carbocycles. The zero-order valence-corrected chi connectivity index (χ0v) is 20.6. The van der Waals surface area contributed by atoms with Crippen molar-refractivity contribution in [2.75, 3.05) is 14.2 Å². The fraction of sp³-hybridized carbons (Fsp3) is 0.227. The van der Waals surface area contributed by atoms with Crippen LogP contribution in [0.3, 0.4) is 0 Å². The number of amides is 1. The summed E-state index contributed by atoms with van der Waals surface area (Å²) >= 11 is 8.19. The molecule has 1 aliphatic heterocycles. The van der Waals surface area contributed by atoms with E-state index in [1.54, 1.807) is 25.3 Å². The second kappa shape index (κ2) is 10.4. The maximum Gasteiger partial charge on any atom is 0.319 e. The molecule has 0 aromatic heterocycles. The lowest BCUT2D eigenvalue weighted by Gasteiger charge is -2.31. The number of methoxy groups -OCH3 is 2. The molecule has 1 aliphatic rings. The third kappa shape index (κ3) is 5.14. The Bertz CT molecular complexity index is 1080. The lowest BCUT2D eigenvalue weighted by Crippen LogP contribution is -2.44. The van der Waals surface area contributed by atoms with Gasteiger partial charge in [-0.1, -0.05) is 34.1 Å². The highest BCUT2D eigenvalue weighted by atomic mass is 79.9. The van der Waals surface area contributed by atoms with Crippen LogP contribution in [-0.4, -0.2) is 26.1 Å². The highest BCUT2D eigenvalue weighted by Crippen LogP contribution is 2.42. The first kappa shape index (κ1) is 23.4. The van der Waals surface area contributed by atoms with E-state index in [4.69, 9.17) is 9.47 Å². The van der Waals surface area contributed by atoms with Crippen LogP contribution in [0, 0.1) is 17.2 Å². The zero-order chi connectivity index (χ0) is 22.5. The minimum absolute atomic E-state index is 0.314. The van der Waals surface area contributed by atoms with Crippen molar-refractivity contribution in [3.8, 4) is 11.8 Å². The van der Waals surface area contributed by atoms with Crippen LogP contribution >= 0.6 is 43.6 Å². The zero-order valence-electron chi connectivity index (χ0n) is 16.6. The topological polar surface area (TPSA) is 88.4 Å². The van der Waals surface area contributed by atoms with E-state index in [9.17, 15) is 14.9 Å². The smallest absolute Gasteiger partial charge is 0.319 e. The number of esters is 1. The van der Waals surface area contributed by atoms with Crippen LogP contribution in [0.4, 0.5) is 0 Å². The SMILES string of the molecule is COC(=O)[C@H]1C(=O)NC(SCc2ccc(Br)cc2)=C(C#N)[C@@H]1c1ccc(OC)c(Br)c1. The van der Waals surface area contributed by atoms with Crippen molar-refractivity contribution in [3.05, 3.63) is 73.1 Å². The summed E-state index contributed by atoms with van der Waals surface area (Å²) in [6.07, 6.45) is 0. The third-order valence-electron chi connectivity index (χ3n) is 4.82. The van der Waals surface area contributed by atoms with Gasteiger partial charge in [-0.2, -0.15) is 5.26 Å². The summed E-state index contributed by atoms with van der Waals surface area (Å²) < 4.78 is 11.8. The molecule has 0 radical (unpaired) electrons. The van der Waals surface area contributed by atoms with Gasteiger partial charge in [-0.3, -0.25) is 9.59 Å². The first-order chi connectivity index (χ1) is 14.9. The predicted octanol–water partition coefficient (Wildman–Crippen LogP) is 4.89. The molecule has 1 heterocycles. The van der Waals surface area contributed by atoms with Gasteiger partial charge in [0.2, 0.25) is 5.91 Å². The van der Waals surface area contributed by atoms with Crippen molar-refractivity contribution in [1.82, 2.24) is 5.32 Å². The van der Waals surface area contributed by atoms with E-state index in [0.717, 1.165) is 10.0 Å². The molecule has 2 aromatic rings. The summed E-state index contributed by atoms with van der Waals surface area (Å²) in [6.45, 7) is 0. The van der Waals surface area contributed by atoms with E-state index in [1.807, 2.05) is 24.3 Å². The molecule has 0 bridgehead atoms. The molecule has 3 rings (SSSR count). The van der Waals surface area contributed by atoms with Gasteiger partial charge in [0.1, 0.15) is 11.7 Å². The Labute approximate surface area is 201 Å². The van der Waals surface area contributed by atoms with Crippen LogP contribution in [0.1, 0.15) is 17.0 Å². The molecule has 0 saturated heterocycles. The summed E-state index contributed by atoms with van der Waals surface area (Å²) in [6, 6.07) is 15.2. The molecule has 1 N–H and O–H groups in total. The number of nitriles is 1. The van der Waals surface area contributed by atoms with Gasteiger partial charge in [0, 0.05) is 16.1 Å². The van der Waals surface area contributed by atoms with Gasteiger partial charge in [0.25, 0.3) is 0 Å². The summed E-state index contributed by atoms with van der Waals surface area (Å²) in [5.74, 6) is -1.99. The number of halogens is 2. The van der Waals surface area contributed by atoms with Crippen molar-refractivity contribution in [2.45, 2.75) is 11.7 Å². The Hall–Kier alpha value is -2.28. The molecule has 0 aliphatic carbocycles. The van der Waals surface area contributed by atoms with Crippen molar-refractivity contribution in [1.29, 1.82) is 5.26 Å². The molecule has 1 amide bonds. The minimum atomic E-state index is -1.17. The fourth-order valence-electron chi connectivity index (χ4n) is 3.29. The van der Waals surface area contributed by atoms with Crippen LogP contribution in [-0.2, 0) is 20.1 Å². The second-order valence-electron chi connectivity index (χ2n) is 6.63. The molecule has 0 spiro atoms. The molecular formula is C22H18Br2N2O4S. The number of benzene rings is 2. The highest BCUT2D eigenvalue weighted by Gasteiger charge is 2.44. The van der Waals surface area contributed by atoms with Gasteiger partial charge in [-0.05, 0) is 51.3 Å². The maximum absolute atomic E-state index is 12.9. The average molecular weight is 566 g/mol. The van der Waals surface area contributed by atoms with E-state index in [0.29, 0.717) is 32.1 Å². The molecule has 9 heteroatoms. The van der Waals surface area contributed by atoms with Crippen LogP contribution in [0.5, 0.6) is 5.75 Å². The number of ether oxygens (including phenoxy) is 2. The first-order valence-electron chi connectivity index (χ1n) is 9.13. The van der Waals surface area contributed by atoms with Crippen molar-refractivity contribution in [3.63, 3.8) is 0 Å². The number of hydrogen-bond acceptors (Lipinski definition) is 6. The standard InChI is InChI=1S/C22H18Br2N2O4S/c1-29-17-8-5-13(9-16(17)24)18-15(10-25)21(26-20(27)19(18)22(28)30-2)31-11-12-3-6-14(23)7-4-12/h3-9,18-19H,11H2,1-2H3,(H,26,27)/t18-,19+/m0/s1. The number of hydrogen-bond donors (Lipinski definition) is 1.